The number of fused-ring (bicyclic) bond motifs is 1. The van der Waals surface area contributed by atoms with Crippen molar-refractivity contribution in [3.05, 3.63) is 46.9 Å². The molecule has 0 bridgehead atoms. The van der Waals surface area contributed by atoms with Crippen molar-refractivity contribution in [2.24, 2.45) is 0 Å². The molecule has 4 amide bonds. The van der Waals surface area contributed by atoms with Gasteiger partial charge >= 0.3 is 12.7 Å². The summed E-state index contributed by atoms with van der Waals surface area (Å²) in [4.78, 5) is 49.9. The Hall–Kier alpha value is -4.10. The molecule has 0 spiro atoms. The number of nitrogens with one attached hydrogen (secondary N) is 2. The zero-order valence-corrected chi connectivity index (χ0v) is 19.3. The van der Waals surface area contributed by atoms with Crippen LogP contribution in [-0.2, 0) is 27.4 Å². The lowest BCUT2D eigenvalue weighted by Crippen LogP contribution is -2.52. The number of alkyl halides is 2. The minimum absolute atomic E-state index is 0.0380. The van der Waals surface area contributed by atoms with Gasteiger partial charge in [-0.1, -0.05) is 12.1 Å². The lowest BCUT2D eigenvalue weighted by atomic mass is 9.89. The number of rotatable bonds is 7. The number of carbonyl (C=O) groups is 4. The first-order chi connectivity index (χ1) is 17.7. The van der Waals surface area contributed by atoms with Crippen molar-refractivity contribution < 1.29 is 41.8 Å². The fraction of sp³-hybridized carbons (Fsp3) is 0.435. The maximum atomic E-state index is 15.2. The molecular formula is C23H22F3N5O6. The first-order valence-corrected chi connectivity index (χ1v) is 11.6. The molecule has 0 radical (unpaired) electrons. The van der Waals surface area contributed by atoms with E-state index < -0.39 is 48.4 Å². The molecule has 37 heavy (non-hydrogen) atoms. The quantitative estimate of drug-likeness (QED) is 0.533. The van der Waals surface area contributed by atoms with E-state index in [1.54, 1.807) is 6.07 Å². The fourth-order valence-corrected chi connectivity index (χ4v) is 4.74. The Balaban J connectivity index is 1.14. The number of benzene rings is 1. The van der Waals surface area contributed by atoms with E-state index in [0.717, 1.165) is 0 Å². The molecule has 2 aliphatic heterocycles. The van der Waals surface area contributed by atoms with Crippen LogP contribution in [0.1, 0.15) is 53.2 Å². The van der Waals surface area contributed by atoms with Crippen LogP contribution in [0.5, 0.6) is 5.88 Å². The molecule has 2 aromatic rings. The summed E-state index contributed by atoms with van der Waals surface area (Å²) < 4.78 is 51.1. The van der Waals surface area contributed by atoms with Gasteiger partial charge < -0.3 is 19.7 Å². The number of amides is 4. The molecule has 11 nitrogen and oxygen atoms in total. The summed E-state index contributed by atoms with van der Waals surface area (Å²) in [5.41, 5.74) is 0.305. The maximum Gasteiger partial charge on any atom is 0.407 e. The predicted octanol–water partition coefficient (Wildman–Crippen LogP) is 2.01. The van der Waals surface area contributed by atoms with Crippen LogP contribution < -0.4 is 15.4 Å². The number of ether oxygens (including phenoxy) is 2. The first-order valence-electron chi connectivity index (χ1n) is 11.6. The third kappa shape index (κ3) is 4.82. The lowest BCUT2D eigenvalue weighted by Gasteiger charge is -2.35. The zero-order valence-electron chi connectivity index (χ0n) is 19.3. The molecule has 1 aromatic carbocycles. The molecule has 5 rings (SSSR count). The van der Waals surface area contributed by atoms with Gasteiger partial charge in [-0.15, -0.1) is 0 Å². The van der Waals surface area contributed by atoms with Gasteiger partial charge in [-0.2, -0.15) is 13.9 Å². The molecule has 2 fully saturated rings. The second-order valence-corrected chi connectivity index (χ2v) is 8.97. The van der Waals surface area contributed by atoms with Gasteiger partial charge in [-0.3, -0.25) is 19.7 Å². The Kier molecular flexibility index (Phi) is 6.48. The number of aromatic nitrogens is 2. The normalized spacial score (nSPS) is 23.0. The first kappa shape index (κ1) is 24.6. The van der Waals surface area contributed by atoms with Gasteiger partial charge in [0.15, 0.2) is 0 Å². The van der Waals surface area contributed by atoms with E-state index in [4.69, 9.17) is 4.74 Å². The number of hydrogen-bond donors (Lipinski definition) is 2. The van der Waals surface area contributed by atoms with Crippen LogP contribution in [0, 0.1) is 5.82 Å². The molecular weight excluding hydrogens is 499 g/mol. The minimum Gasteiger partial charge on any atom is -0.446 e. The Morgan fingerprint density at radius 1 is 1.22 bits per heavy atom. The van der Waals surface area contributed by atoms with Crippen molar-refractivity contribution >= 4 is 23.8 Å². The smallest absolute Gasteiger partial charge is 0.407 e. The van der Waals surface area contributed by atoms with Gasteiger partial charge in [-0.05, 0) is 12.0 Å². The maximum absolute atomic E-state index is 15.2. The van der Waals surface area contributed by atoms with E-state index in [9.17, 15) is 28.0 Å². The van der Waals surface area contributed by atoms with Crippen molar-refractivity contribution in [3.63, 3.8) is 0 Å². The average Bonchev–Trinajstić information content (AvgIpc) is 3.39. The molecule has 1 unspecified atom stereocenters. The number of hydrogen-bond acceptors (Lipinski definition) is 7. The molecule has 1 saturated heterocycles. The van der Waals surface area contributed by atoms with Gasteiger partial charge in [-0.25, -0.2) is 13.9 Å². The van der Waals surface area contributed by atoms with Crippen LogP contribution in [0.2, 0.25) is 0 Å². The monoisotopic (exact) mass is 521 g/mol. The molecule has 3 heterocycles. The van der Waals surface area contributed by atoms with Crippen LogP contribution in [0.15, 0.2) is 24.4 Å². The third-order valence-electron chi connectivity index (χ3n) is 6.67. The van der Waals surface area contributed by atoms with Gasteiger partial charge in [0.25, 0.3) is 5.91 Å². The number of imide groups is 1. The summed E-state index contributed by atoms with van der Waals surface area (Å²) >= 11 is 0. The summed E-state index contributed by atoms with van der Waals surface area (Å²) in [5.74, 6) is -2.54. The van der Waals surface area contributed by atoms with Crippen molar-refractivity contribution in [2.75, 3.05) is 0 Å². The van der Waals surface area contributed by atoms with Gasteiger partial charge in [0.2, 0.25) is 17.7 Å². The second-order valence-electron chi connectivity index (χ2n) is 8.97. The minimum atomic E-state index is -2.98. The summed E-state index contributed by atoms with van der Waals surface area (Å²) in [7, 11) is 0. The van der Waals surface area contributed by atoms with E-state index in [1.165, 1.54) is 27.9 Å². The van der Waals surface area contributed by atoms with Gasteiger partial charge in [0, 0.05) is 44.0 Å². The van der Waals surface area contributed by atoms with Crippen LogP contribution in [0.3, 0.4) is 0 Å². The van der Waals surface area contributed by atoms with Crippen molar-refractivity contribution in [1.82, 2.24) is 25.3 Å². The van der Waals surface area contributed by atoms with E-state index in [1.807, 2.05) is 0 Å². The van der Waals surface area contributed by atoms with Crippen molar-refractivity contribution in [2.45, 2.75) is 63.6 Å². The molecule has 3 aliphatic rings. The number of nitrogens with zero attached hydrogens (tertiary/aromatic N) is 3. The van der Waals surface area contributed by atoms with Gasteiger partial charge in [0.05, 0.1) is 17.8 Å². The summed E-state index contributed by atoms with van der Waals surface area (Å²) in [5, 5.41) is 8.59. The highest BCUT2D eigenvalue weighted by Crippen LogP contribution is 2.37. The summed E-state index contributed by atoms with van der Waals surface area (Å²) in [6, 6.07) is 3.18. The van der Waals surface area contributed by atoms with E-state index in [-0.39, 0.29) is 49.0 Å². The number of carbonyl (C=O) groups excluding carboxylic acids is 4. The molecule has 2 N–H and O–H groups in total. The Morgan fingerprint density at radius 3 is 2.73 bits per heavy atom. The van der Waals surface area contributed by atoms with Crippen LogP contribution in [-0.4, -0.2) is 57.3 Å². The highest BCUT2D eigenvalue weighted by Gasteiger charge is 2.41. The van der Waals surface area contributed by atoms with E-state index in [2.05, 4.69) is 20.5 Å². The summed E-state index contributed by atoms with van der Waals surface area (Å²) in [6.07, 6.45) is 0.976. The van der Waals surface area contributed by atoms with Gasteiger partial charge in [0.1, 0.15) is 18.0 Å². The average molecular weight is 521 g/mol. The topological polar surface area (TPSA) is 132 Å². The lowest BCUT2D eigenvalue weighted by molar-refractivity contribution is -0.136. The summed E-state index contributed by atoms with van der Waals surface area (Å²) in [6.45, 7) is -3.19. The van der Waals surface area contributed by atoms with Crippen LogP contribution >= 0.6 is 0 Å². The molecule has 1 aliphatic carbocycles. The molecule has 1 saturated carbocycles. The van der Waals surface area contributed by atoms with E-state index in [0.29, 0.717) is 18.4 Å². The number of halogens is 3. The molecule has 1 atom stereocenters. The standard InChI is InChI=1S/C23H22F3N5O6/c24-19-11(1-2-12-10-30(21(34)18(12)19)15-3-4-16(32)29-20(15)33)9-27-23(35)36-14-7-13(8-14)31-17(5-6-28-31)37-22(25)26/h1-2,5-6,13-15,22H,3-4,7-10H2,(H,27,35)(H,29,32,33). The second kappa shape index (κ2) is 9.75. The third-order valence-corrected chi connectivity index (χ3v) is 6.67. The predicted molar refractivity (Wildman–Crippen MR) is 117 cm³/mol. The Labute approximate surface area is 207 Å². The SMILES string of the molecule is O=C1CCC(N2Cc3ccc(CNC(=O)OC4CC(n5nccc5OC(F)F)C4)c(F)c3C2=O)C(=O)N1. The Bertz CT molecular complexity index is 1260. The molecule has 1 aromatic heterocycles. The largest absolute Gasteiger partial charge is 0.446 e. The van der Waals surface area contributed by atoms with Crippen molar-refractivity contribution in [1.29, 1.82) is 0 Å². The van der Waals surface area contributed by atoms with Crippen LogP contribution in [0.4, 0.5) is 18.0 Å². The molecule has 14 heteroatoms. The fourth-order valence-electron chi connectivity index (χ4n) is 4.74. The molecule has 196 valence electrons. The van der Waals surface area contributed by atoms with Crippen LogP contribution in [0.25, 0.3) is 0 Å². The number of piperidine rings is 1. The highest BCUT2D eigenvalue weighted by atomic mass is 19.3. The Morgan fingerprint density at radius 2 is 2.00 bits per heavy atom. The van der Waals surface area contributed by atoms with Crippen molar-refractivity contribution in [3.8, 4) is 5.88 Å². The highest BCUT2D eigenvalue weighted by molar-refractivity contribution is 6.05. The van der Waals surface area contributed by atoms with E-state index >= 15 is 4.39 Å². The zero-order chi connectivity index (χ0) is 26.3. The number of alkyl carbamates (subject to hydrolysis) is 1.